The molecule has 2 rings (SSSR count). The van der Waals surface area contributed by atoms with Crippen LogP contribution in [0.3, 0.4) is 0 Å². The first-order chi connectivity index (χ1) is 10.1. The van der Waals surface area contributed by atoms with E-state index >= 15 is 0 Å². The minimum absolute atomic E-state index is 0.0573. The van der Waals surface area contributed by atoms with Gasteiger partial charge in [0, 0.05) is 20.1 Å². The summed E-state index contributed by atoms with van der Waals surface area (Å²) in [5, 5.41) is 9.46. The largest absolute Gasteiger partial charge is 0.481 e. The van der Waals surface area contributed by atoms with Crippen molar-refractivity contribution in [3.8, 4) is 0 Å². The second-order valence-electron chi connectivity index (χ2n) is 5.23. The number of methoxy groups -OCH3 is 1. The maximum Gasteiger partial charge on any atom is 0.309 e. The molecule has 1 saturated heterocycles. The van der Waals surface area contributed by atoms with Gasteiger partial charge in [-0.2, -0.15) is 0 Å². The van der Waals surface area contributed by atoms with E-state index in [0.717, 1.165) is 17.5 Å². The van der Waals surface area contributed by atoms with Gasteiger partial charge in [-0.3, -0.25) is 9.59 Å². The summed E-state index contributed by atoms with van der Waals surface area (Å²) in [6.07, 6.45) is 0.868. The van der Waals surface area contributed by atoms with Gasteiger partial charge in [-0.05, 0) is 17.5 Å². The number of nitrogens with zero attached hydrogens (tertiary/aromatic N) is 1. The average molecular weight is 291 g/mol. The number of likely N-dealkylation sites (tertiary alicyclic amines) is 1. The zero-order chi connectivity index (χ0) is 15.4. The molecular formula is C16H21NO4. The van der Waals surface area contributed by atoms with Gasteiger partial charge in [0.2, 0.25) is 5.91 Å². The molecule has 1 aliphatic rings. The van der Waals surface area contributed by atoms with E-state index in [-0.39, 0.29) is 12.3 Å². The number of amides is 1. The molecule has 0 spiro atoms. The number of ether oxygens (including phenoxy) is 1. The smallest absolute Gasteiger partial charge is 0.309 e. The summed E-state index contributed by atoms with van der Waals surface area (Å²) in [5.74, 6) is -1.73. The second-order valence-corrected chi connectivity index (χ2v) is 5.23. The molecule has 0 aromatic heterocycles. The maximum absolute atomic E-state index is 12.2. The Morgan fingerprint density at radius 1 is 1.43 bits per heavy atom. The van der Waals surface area contributed by atoms with Crippen LogP contribution < -0.4 is 0 Å². The number of hydrogen-bond acceptors (Lipinski definition) is 3. The first-order valence-electron chi connectivity index (χ1n) is 7.19. The van der Waals surface area contributed by atoms with Crippen LogP contribution in [0.2, 0.25) is 0 Å². The molecule has 2 unspecified atom stereocenters. The molecule has 114 valence electrons. The van der Waals surface area contributed by atoms with Crippen LogP contribution in [0.25, 0.3) is 0 Å². The number of hydrogen-bond donors (Lipinski definition) is 1. The highest BCUT2D eigenvalue weighted by atomic mass is 16.5. The minimum Gasteiger partial charge on any atom is -0.481 e. The molecule has 1 aromatic carbocycles. The predicted octanol–water partition coefficient (Wildman–Crippen LogP) is 1.87. The lowest BCUT2D eigenvalue weighted by molar-refractivity contribution is -0.142. The molecule has 1 heterocycles. The summed E-state index contributed by atoms with van der Waals surface area (Å²) in [6, 6.07) is 7.35. The van der Waals surface area contributed by atoms with Gasteiger partial charge in [-0.1, -0.05) is 31.2 Å². The van der Waals surface area contributed by atoms with E-state index in [4.69, 9.17) is 4.74 Å². The molecule has 0 bridgehead atoms. The number of carboxylic acids is 1. The summed E-state index contributed by atoms with van der Waals surface area (Å²) in [5.41, 5.74) is 2.03. The van der Waals surface area contributed by atoms with Gasteiger partial charge < -0.3 is 14.7 Å². The van der Waals surface area contributed by atoms with Crippen molar-refractivity contribution in [3.05, 3.63) is 35.4 Å². The van der Waals surface area contributed by atoms with Crippen LogP contribution in [0.1, 0.15) is 30.5 Å². The number of benzene rings is 1. The van der Waals surface area contributed by atoms with Gasteiger partial charge in [0.1, 0.15) is 0 Å². The van der Waals surface area contributed by atoms with E-state index < -0.39 is 17.9 Å². The quantitative estimate of drug-likeness (QED) is 0.869. The Morgan fingerprint density at radius 3 is 2.76 bits per heavy atom. The Kier molecular flexibility index (Phi) is 4.96. The van der Waals surface area contributed by atoms with E-state index in [0.29, 0.717) is 13.2 Å². The number of aliphatic carboxylic acids is 1. The predicted molar refractivity (Wildman–Crippen MR) is 77.9 cm³/mol. The van der Waals surface area contributed by atoms with E-state index in [2.05, 4.69) is 0 Å². The molecule has 1 N–H and O–H groups in total. The normalized spacial score (nSPS) is 21.8. The number of carboxylic acid groups (broad SMARTS) is 1. The van der Waals surface area contributed by atoms with Crippen molar-refractivity contribution in [2.75, 3.05) is 20.3 Å². The topological polar surface area (TPSA) is 66.8 Å². The van der Waals surface area contributed by atoms with Crippen LogP contribution in [-0.2, 0) is 20.7 Å². The third kappa shape index (κ3) is 3.08. The monoisotopic (exact) mass is 291 g/mol. The Balaban J connectivity index is 2.41. The highest BCUT2D eigenvalue weighted by Gasteiger charge is 2.44. The van der Waals surface area contributed by atoms with E-state index in [9.17, 15) is 14.7 Å². The van der Waals surface area contributed by atoms with Crippen LogP contribution in [0, 0.1) is 5.92 Å². The fraction of sp³-hybridized carbons (Fsp3) is 0.500. The standard InChI is InChI=1S/C16H21NO4/c1-3-11-6-4-5-7-12(11)15-13(16(19)20)10-14(18)17(15)8-9-21-2/h4-7,13,15H,3,8-10H2,1-2H3,(H,19,20). The Bertz CT molecular complexity index is 529. The molecule has 2 atom stereocenters. The first-order valence-corrected chi connectivity index (χ1v) is 7.19. The number of aryl methyl sites for hydroxylation is 1. The number of carbonyl (C=O) groups is 2. The summed E-state index contributed by atoms with van der Waals surface area (Å²) >= 11 is 0. The highest BCUT2D eigenvalue weighted by molar-refractivity contribution is 5.87. The van der Waals surface area contributed by atoms with Crippen molar-refractivity contribution in [3.63, 3.8) is 0 Å². The van der Waals surface area contributed by atoms with Crippen LogP contribution in [0.4, 0.5) is 0 Å². The minimum atomic E-state index is -0.917. The molecule has 1 aromatic rings. The van der Waals surface area contributed by atoms with Crippen LogP contribution in [0.15, 0.2) is 24.3 Å². The lowest BCUT2D eigenvalue weighted by Crippen LogP contribution is -2.33. The van der Waals surface area contributed by atoms with E-state index in [1.54, 1.807) is 12.0 Å². The molecule has 21 heavy (non-hydrogen) atoms. The summed E-state index contributed by atoms with van der Waals surface area (Å²) < 4.78 is 5.05. The SMILES string of the molecule is CCc1ccccc1C1C(C(=O)O)CC(=O)N1CCOC. The van der Waals surface area contributed by atoms with Crippen molar-refractivity contribution < 1.29 is 19.4 Å². The van der Waals surface area contributed by atoms with Crippen LogP contribution >= 0.6 is 0 Å². The van der Waals surface area contributed by atoms with Gasteiger partial charge in [0.15, 0.2) is 0 Å². The maximum atomic E-state index is 12.2. The molecule has 1 aliphatic heterocycles. The summed E-state index contributed by atoms with van der Waals surface area (Å²) in [4.78, 5) is 25.4. The lowest BCUT2D eigenvalue weighted by atomic mass is 9.89. The molecule has 5 heteroatoms. The highest BCUT2D eigenvalue weighted by Crippen LogP contribution is 2.39. The molecule has 5 nitrogen and oxygen atoms in total. The summed E-state index contributed by atoms with van der Waals surface area (Å²) in [6.45, 7) is 2.86. The Hall–Kier alpha value is -1.88. The lowest BCUT2D eigenvalue weighted by Gasteiger charge is -2.28. The van der Waals surface area contributed by atoms with Gasteiger partial charge in [0.25, 0.3) is 0 Å². The zero-order valence-corrected chi connectivity index (χ0v) is 12.4. The van der Waals surface area contributed by atoms with Crippen molar-refractivity contribution in [2.45, 2.75) is 25.8 Å². The third-order valence-electron chi connectivity index (χ3n) is 4.04. The fourth-order valence-corrected chi connectivity index (χ4v) is 2.99. The Labute approximate surface area is 124 Å². The van der Waals surface area contributed by atoms with Crippen molar-refractivity contribution in [2.24, 2.45) is 5.92 Å². The number of rotatable bonds is 6. The van der Waals surface area contributed by atoms with E-state index in [1.165, 1.54) is 0 Å². The van der Waals surface area contributed by atoms with Crippen molar-refractivity contribution in [1.82, 2.24) is 4.90 Å². The van der Waals surface area contributed by atoms with Gasteiger partial charge in [-0.25, -0.2) is 0 Å². The van der Waals surface area contributed by atoms with Crippen LogP contribution in [0.5, 0.6) is 0 Å². The average Bonchev–Trinajstić information content (AvgIpc) is 2.82. The van der Waals surface area contributed by atoms with Crippen LogP contribution in [-0.4, -0.2) is 42.1 Å². The molecule has 1 fully saturated rings. The second kappa shape index (κ2) is 6.72. The van der Waals surface area contributed by atoms with Gasteiger partial charge in [0.05, 0.1) is 18.6 Å². The van der Waals surface area contributed by atoms with Gasteiger partial charge >= 0.3 is 5.97 Å². The van der Waals surface area contributed by atoms with Crippen molar-refractivity contribution >= 4 is 11.9 Å². The molecule has 0 radical (unpaired) electrons. The number of carbonyl (C=O) groups excluding carboxylic acids is 1. The van der Waals surface area contributed by atoms with E-state index in [1.807, 2.05) is 31.2 Å². The molecule has 1 amide bonds. The van der Waals surface area contributed by atoms with Crippen molar-refractivity contribution in [1.29, 1.82) is 0 Å². The molecule has 0 aliphatic carbocycles. The first kappa shape index (κ1) is 15.5. The Morgan fingerprint density at radius 2 is 2.14 bits per heavy atom. The molecular weight excluding hydrogens is 270 g/mol. The third-order valence-corrected chi connectivity index (χ3v) is 4.04. The van der Waals surface area contributed by atoms with Gasteiger partial charge in [-0.15, -0.1) is 0 Å². The molecule has 0 saturated carbocycles. The fourth-order valence-electron chi connectivity index (χ4n) is 2.99. The summed E-state index contributed by atoms with van der Waals surface area (Å²) in [7, 11) is 1.57. The zero-order valence-electron chi connectivity index (χ0n) is 12.4.